The fourth-order valence-electron chi connectivity index (χ4n) is 5.00. The smallest absolute Gasteiger partial charge is 0.472 e. The molecule has 12 heteroatoms. The van der Waals surface area contributed by atoms with Crippen LogP contribution in [0, 0.1) is 0 Å². The van der Waals surface area contributed by atoms with Crippen LogP contribution in [0.3, 0.4) is 0 Å². The number of carboxylic acids is 1. The van der Waals surface area contributed by atoms with E-state index in [-0.39, 0.29) is 19.4 Å². The second-order valence-electron chi connectivity index (χ2n) is 13.7. The highest BCUT2D eigenvalue weighted by Gasteiger charge is 2.28. The van der Waals surface area contributed by atoms with E-state index in [2.05, 4.69) is 97.4 Å². The molecule has 58 heavy (non-hydrogen) atoms. The van der Waals surface area contributed by atoms with Gasteiger partial charge in [-0.1, -0.05) is 143 Å². The molecule has 0 aromatic heterocycles. The summed E-state index contributed by atoms with van der Waals surface area (Å²) in [6.07, 6.45) is 50.6. The summed E-state index contributed by atoms with van der Waals surface area (Å²) >= 11 is 0. The van der Waals surface area contributed by atoms with Crippen LogP contribution < -0.4 is 5.73 Å². The summed E-state index contributed by atoms with van der Waals surface area (Å²) in [5.74, 6) is -2.52. The first-order valence-corrected chi connectivity index (χ1v) is 22.8. The van der Waals surface area contributed by atoms with Gasteiger partial charge in [0, 0.05) is 12.8 Å². The molecule has 0 aromatic carbocycles. The first-order valence-electron chi connectivity index (χ1n) is 21.3. The highest BCUT2D eigenvalue weighted by Crippen LogP contribution is 2.43. The number of allylic oxidation sites excluding steroid dienone is 16. The molecule has 0 spiro atoms. The molecule has 0 aliphatic rings. The standard InChI is InChI=1S/C46H74NO10P/c1-3-5-7-9-11-13-15-17-19-20-21-22-24-26-28-30-32-34-36-38-45(49)57-42(40-55-58(52,53)56-41-43(47)46(50)51)39-54-44(48)37-35-33-31-29-27-25-23-18-16-14-12-10-8-6-4-2/h5,7,11-14,17-19,21-23,26,28,32,34,42-43H,3-4,6,8-10,15-16,20,24-25,27,29-31,33,35-41,47H2,1-2H3,(H,50,51)(H,52,53)/b7-5-,13-11-,14-12-,19-17-,22-21-,23-18-,28-26-,34-32-. The lowest BCUT2D eigenvalue weighted by Crippen LogP contribution is -2.34. The minimum Gasteiger partial charge on any atom is -0.480 e. The Labute approximate surface area is 349 Å². The lowest BCUT2D eigenvalue weighted by Gasteiger charge is -2.20. The van der Waals surface area contributed by atoms with Crippen LogP contribution >= 0.6 is 7.82 Å². The number of rotatable bonds is 38. The van der Waals surface area contributed by atoms with Gasteiger partial charge >= 0.3 is 25.7 Å². The Balaban J connectivity index is 4.56. The zero-order chi connectivity index (χ0) is 42.8. The normalized spacial score (nSPS) is 14.7. The average molecular weight is 832 g/mol. The van der Waals surface area contributed by atoms with Crippen molar-refractivity contribution in [1.29, 1.82) is 0 Å². The molecular formula is C46H74NO10P. The van der Waals surface area contributed by atoms with Crippen molar-refractivity contribution in [2.45, 2.75) is 154 Å². The Hall–Kier alpha value is -3.60. The van der Waals surface area contributed by atoms with Gasteiger partial charge in [-0.05, 0) is 83.5 Å². The van der Waals surface area contributed by atoms with Gasteiger partial charge in [0.1, 0.15) is 12.6 Å². The van der Waals surface area contributed by atoms with E-state index in [4.69, 9.17) is 24.8 Å². The summed E-state index contributed by atoms with van der Waals surface area (Å²) in [4.78, 5) is 45.9. The molecular weight excluding hydrogens is 757 g/mol. The van der Waals surface area contributed by atoms with Crippen LogP contribution in [0.25, 0.3) is 0 Å². The van der Waals surface area contributed by atoms with Crippen molar-refractivity contribution in [3.8, 4) is 0 Å². The maximum absolute atomic E-state index is 12.6. The van der Waals surface area contributed by atoms with E-state index in [0.29, 0.717) is 19.3 Å². The quantitative estimate of drug-likeness (QED) is 0.0234. The number of aliphatic carboxylic acids is 1. The van der Waals surface area contributed by atoms with E-state index < -0.39 is 51.1 Å². The second kappa shape index (κ2) is 40.2. The number of esters is 2. The van der Waals surface area contributed by atoms with Crippen LogP contribution in [0.2, 0.25) is 0 Å². The molecule has 0 aromatic rings. The van der Waals surface area contributed by atoms with Gasteiger partial charge < -0.3 is 25.2 Å². The number of hydrogen-bond donors (Lipinski definition) is 3. The van der Waals surface area contributed by atoms with Crippen molar-refractivity contribution in [3.63, 3.8) is 0 Å². The number of nitrogens with two attached hydrogens (primary N) is 1. The van der Waals surface area contributed by atoms with E-state index in [9.17, 15) is 23.8 Å². The third kappa shape index (κ3) is 39.2. The summed E-state index contributed by atoms with van der Waals surface area (Å²) in [7, 11) is -4.75. The summed E-state index contributed by atoms with van der Waals surface area (Å²) < 4.78 is 32.6. The number of carbonyl (C=O) groups excluding carboxylic acids is 2. The van der Waals surface area contributed by atoms with Crippen molar-refractivity contribution < 1.29 is 47.5 Å². The number of ether oxygens (including phenoxy) is 2. The molecule has 11 nitrogen and oxygen atoms in total. The number of hydrogen-bond acceptors (Lipinski definition) is 9. The highest BCUT2D eigenvalue weighted by molar-refractivity contribution is 7.47. The molecule has 0 aliphatic carbocycles. The molecule has 3 atom stereocenters. The topological polar surface area (TPSA) is 172 Å². The second-order valence-corrected chi connectivity index (χ2v) is 15.2. The third-order valence-corrected chi connectivity index (χ3v) is 9.28. The predicted octanol–water partition coefficient (Wildman–Crippen LogP) is 11.3. The van der Waals surface area contributed by atoms with E-state index in [1.807, 2.05) is 18.2 Å². The zero-order valence-electron chi connectivity index (χ0n) is 35.3. The van der Waals surface area contributed by atoms with Gasteiger partial charge in [0.15, 0.2) is 6.10 Å². The minimum atomic E-state index is -4.75. The van der Waals surface area contributed by atoms with Crippen LogP contribution in [0.4, 0.5) is 0 Å². The lowest BCUT2D eigenvalue weighted by molar-refractivity contribution is -0.161. The first kappa shape index (κ1) is 54.4. The Morgan fingerprint density at radius 1 is 0.552 bits per heavy atom. The Bertz CT molecular complexity index is 1350. The highest BCUT2D eigenvalue weighted by atomic mass is 31.2. The lowest BCUT2D eigenvalue weighted by atomic mass is 10.1. The van der Waals surface area contributed by atoms with Crippen molar-refractivity contribution in [2.24, 2.45) is 5.73 Å². The molecule has 0 amide bonds. The molecule has 0 radical (unpaired) electrons. The number of carbonyl (C=O) groups is 3. The van der Waals surface area contributed by atoms with Crippen molar-refractivity contribution in [1.82, 2.24) is 0 Å². The predicted molar refractivity (Wildman–Crippen MR) is 235 cm³/mol. The Morgan fingerprint density at radius 3 is 1.52 bits per heavy atom. The van der Waals surface area contributed by atoms with Crippen LogP contribution in [0.15, 0.2) is 97.2 Å². The van der Waals surface area contributed by atoms with Crippen LogP contribution in [-0.2, 0) is 37.5 Å². The van der Waals surface area contributed by atoms with E-state index in [1.54, 1.807) is 0 Å². The molecule has 0 saturated carbocycles. The van der Waals surface area contributed by atoms with Gasteiger partial charge in [0.2, 0.25) is 0 Å². The van der Waals surface area contributed by atoms with Crippen LogP contribution in [-0.4, -0.2) is 59.9 Å². The van der Waals surface area contributed by atoms with Gasteiger partial charge in [-0.2, -0.15) is 0 Å². The number of phosphoric ester groups is 1. The van der Waals surface area contributed by atoms with Gasteiger partial charge in [0.25, 0.3) is 0 Å². The summed E-state index contributed by atoms with van der Waals surface area (Å²) in [6, 6.07) is -1.54. The van der Waals surface area contributed by atoms with Gasteiger partial charge in [-0.15, -0.1) is 0 Å². The molecule has 0 fully saturated rings. The maximum atomic E-state index is 12.6. The van der Waals surface area contributed by atoms with Gasteiger partial charge in [-0.3, -0.25) is 23.4 Å². The molecule has 3 unspecified atom stereocenters. The molecule has 0 saturated heterocycles. The molecule has 0 heterocycles. The molecule has 0 aliphatic heterocycles. The molecule has 328 valence electrons. The van der Waals surface area contributed by atoms with Crippen LogP contribution in [0.1, 0.15) is 142 Å². The SMILES string of the molecule is CC/C=C\C/C=C\C/C=C\C/C=C\C/C=C\C/C=C\CCC(=O)OC(COC(=O)CCCCCCC/C=C\C/C=C\CCCCC)COP(=O)(O)OCC(N)C(=O)O. The van der Waals surface area contributed by atoms with Crippen molar-refractivity contribution in [3.05, 3.63) is 97.2 Å². The summed E-state index contributed by atoms with van der Waals surface area (Å²) in [5.41, 5.74) is 5.32. The Kier molecular flexibility index (Phi) is 37.7. The van der Waals surface area contributed by atoms with Gasteiger partial charge in [-0.25, -0.2) is 4.57 Å². The van der Waals surface area contributed by atoms with Gasteiger partial charge in [0.05, 0.1) is 13.2 Å². The molecule has 4 N–H and O–H groups in total. The fourth-order valence-corrected chi connectivity index (χ4v) is 5.78. The van der Waals surface area contributed by atoms with E-state index in [1.165, 1.54) is 19.3 Å². The first-order chi connectivity index (χ1) is 28.1. The summed E-state index contributed by atoms with van der Waals surface area (Å²) in [5, 5.41) is 8.88. The number of carboxylic acid groups (broad SMARTS) is 1. The largest absolute Gasteiger partial charge is 0.480 e. The minimum absolute atomic E-state index is 0.0271. The average Bonchev–Trinajstić information content (AvgIpc) is 3.20. The zero-order valence-corrected chi connectivity index (χ0v) is 36.2. The molecule has 0 bridgehead atoms. The number of unbranched alkanes of at least 4 members (excludes halogenated alkanes) is 8. The third-order valence-electron chi connectivity index (χ3n) is 8.33. The van der Waals surface area contributed by atoms with Crippen molar-refractivity contribution in [2.75, 3.05) is 19.8 Å². The van der Waals surface area contributed by atoms with Crippen molar-refractivity contribution >= 4 is 25.7 Å². The van der Waals surface area contributed by atoms with E-state index >= 15 is 0 Å². The molecule has 0 rings (SSSR count). The fraction of sp³-hybridized carbons (Fsp3) is 0.587. The number of phosphoric acid groups is 1. The van der Waals surface area contributed by atoms with Crippen LogP contribution in [0.5, 0.6) is 0 Å². The monoisotopic (exact) mass is 832 g/mol. The summed E-state index contributed by atoms with van der Waals surface area (Å²) in [6.45, 7) is 2.55. The van der Waals surface area contributed by atoms with E-state index in [0.717, 1.165) is 77.0 Å². The maximum Gasteiger partial charge on any atom is 0.472 e. The Morgan fingerprint density at radius 2 is 1.00 bits per heavy atom.